The number of nitrogens with zero attached hydrogens (tertiary/aromatic N) is 1. The largest absolute Gasteiger partial charge is 0.273 e. The number of benzene rings is 1. The summed E-state index contributed by atoms with van der Waals surface area (Å²) in [5, 5.41) is 2.86. The van der Waals surface area contributed by atoms with Crippen LogP contribution in [0, 0.1) is 0 Å². The second-order valence-corrected chi connectivity index (χ2v) is 3.88. The van der Waals surface area contributed by atoms with Crippen molar-refractivity contribution in [1.29, 1.82) is 0 Å². The van der Waals surface area contributed by atoms with E-state index in [9.17, 15) is 0 Å². The molecule has 1 nitrogen and oxygen atoms in total. The molecule has 0 N–H and O–H groups in total. The van der Waals surface area contributed by atoms with Crippen molar-refractivity contribution in [1.82, 2.24) is 0 Å². The number of rotatable bonds is 1. The Morgan fingerprint density at radius 1 is 1.42 bits per heavy atom. The number of hydrogen-bond acceptors (Lipinski definition) is 2. The quantitative estimate of drug-likeness (QED) is 0.496. The van der Waals surface area contributed by atoms with E-state index in [2.05, 4.69) is 16.7 Å². The normalized spacial score (nSPS) is 10.4. The Morgan fingerprint density at radius 2 is 2.17 bits per heavy atom. The summed E-state index contributed by atoms with van der Waals surface area (Å²) < 4.78 is 3.41. The van der Waals surface area contributed by atoms with Gasteiger partial charge in [-0.1, -0.05) is 35.7 Å². The summed E-state index contributed by atoms with van der Waals surface area (Å²) >= 11 is 6.64. The maximum absolute atomic E-state index is 4.91. The highest BCUT2D eigenvalue weighted by Gasteiger charge is 2.12. The van der Waals surface area contributed by atoms with Crippen molar-refractivity contribution in [3.8, 4) is 0 Å². The average Bonchev–Trinajstić information content (AvgIpc) is 2.44. The zero-order valence-electron chi connectivity index (χ0n) is 6.65. The molecule has 12 heavy (non-hydrogen) atoms. The number of aromatic nitrogens is 1. The molecule has 0 saturated carbocycles. The first-order valence-corrected chi connectivity index (χ1v) is 4.94. The Balaban J connectivity index is 2.87. The number of hydrogen-bond donors (Lipinski definition) is 0. The second kappa shape index (κ2) is 2.92. The molecular weight excluding hydrogens is 186 g/mol. The van der Waals surface area contributed by atoms with Gasteiger partial charge < -0.3 is 0 Å². The van der Waals surface area contributed by atoms with Crippen molar-refractivity contribution >= 4 is 39.1 Å². The first kappa shape index (κ1) is 7.83. The maximum Gasteiger partial charge on any atom is 0.273 e. The van der Waals surface area contributed by atoms with E-state index < -0.39 is 0 Å². The van der Waals surface area contributed by atoms with Gasteiger partial charge in [0.2, 0.25) is 5.52 Å². The van der Waals surface area contributed by atoms with Crippen LogP contribution in [0.2, 0.25) is 0 Å². The first-order chi connectivity index (χ1) is 5.83. The van der Waals surface area contributed by atoms with Crippen LogP contribution >= 0.6 is 23.6 Å². The predicted octanol–water partition coefficient (Wildman–Crippen LogP) is 2.07. The van der Waals surface area contributed by atoms with Crippen LogP contribution in [-0.2, 0) is 7.05 Å². The Morgan fingerprint density at radius 3 is 2.83 bits per heavy atom. The smallest absolute Gasteiger partial charge is 0.184 e. The van der Waals surface area contributed by atoms with Crippen LogP contribution in [0.5, 0.6) is 0 Å². The molecule has 0 fully saturated rings. The predicted molar refractivity (Wildman–Crippen MR) is 55.8 cm³/mol. The molecule has 0 spiro atoms. The third-order valence-corrected chi connectivity index (χ3v) is 3.41. The van der Waals surface area contributed by atoms with Crippen LogP contribution in [0.15, 0.2) is 24.3 Å². The van der Waals surface area contributed by atoms with Gasteiger partial charge in [-0.25, -0.2) is 0 Å². The highest BCUT2D eigenvalue weighted by atomic mass is 32.1. The zero-order valence-corrected chi connectivity index (χ0v) is 8.28. The standard InChI is InChI=1S/C9H8NS2/c1-10-7-4-2-3-5-8(7)12-9(10)6-11/h2-6H,1H3/q+1. The maximum atomic E-state index is 4.91. The SMILES string of the molecule is C[n+]1c(C=S)sc2ccccc21. The van der Waals surface area contributed by atoms with Crippen molar-refractivity contribution < 1.29 is 4.57 Å². The lowest BCUT2D eigenvalue weighted by molar-refractivity contribution is -0.641. The van der Waals surface area contributed by atoms with Crippen molar-refractivity contribution in [2.45, 2.75) is 0 Å². The summed E-state index contributed by atoms with van der Waals surface area (Å²) in [7, 11) is 2.04. The lowest BCUT2D eigenvalue weighted by Crippen LogP contribution is -2.30. The van der Waals surface area contributed by atoms with Gasteiger partial charge in [0.05, 0.1) is 5.37 Å². The van der Waals surface area contributed by atoms with Gasteiger partial charge in [0.1, 0.15) is 11.7 Å². The van der Waals surface area contributed by atoms with Gasteiger partial charge >= 0.3 is 0 Å². The van der Waals surface area contributed by atoms with Gasteiger partial charge in [0.15, 0.2) is 0 Å². The summed E-state index contributed by atoms with van der Waals surface area (Å²) in [6.45, 7) is 0. The molecule has 0 atom stereocenters. The van der Waals surface area contributed by atoms with Crippen molar-refractivity contribution in [2.24, 2.45) is 7.05 Å². The molecule has 0 aliphatic heterocycles. The van der Waals surface area contributed by atoms with Crippen LogP contribution in [-0.4, -0.2) is 5.37 Å². The molecule has 60 valence electrons. The fraction of sp³-hybridized carbons (Fsp3) is 0.111. The third-order valence-electron chi connectivity index (χ3n) is 1.87. The molecule has 0 radical (unpaired) electrons. The molecule has 0 saturated heterocycles. The van der Waals surface area contributed by atoms with Crippen molar-refractivity contribution in [2.75, 3.05) is 0 Å². The van der Waals surface area contributed by atoms with Gasteiger partial charge in [-0.05, 0) is 6.07 Å². The van der Waals surface area contributed by atoms with Gasteiger partial charge in [-0.3, -0.25) is 0 Å². The van der Waals surface area contributed by atoms with Crippen molar-refractivity contribution in [3.63, 3.8) is 0 Å². The minimum absolute atomic E-state index is 1.13. The van der Waals surface area contributed by atoms with Crippen LogP contribution in [0.3, 0.4) is 0 Å². The summed E-state index contributed by atoms with van der Waals surface area (Å²) in [6, 6.07) is 8.31. The molecule has 0 amide bonds. The number of aryl methyl sites for hydroxylation is 1. The summed E-state index contributed by atoms with van der Waals surface area (Å²) in [5.41, 5.74) is 1.25. The Hall–Kier alpha value is -0.800. The van der Waals surface area contributed by atoms with Crippen molar-refractivity contribution in [3.05, 3.63) is 29.3 Å². The highest BCUT2D eigenvalue weighted by Crippen LogP contribution is 2.17. The van der Waals surface area contributed by atoms with Gasteiger partial charge in [0, 0.05) is 6.07 Å². The average molecular weight is 194 g/mol. The highest BCUT2D eigenvalue weighted by molar-refractivity contribution is 7.79. The van der Waals surface area contributed by atoms with Crippen LogP contribution in [0.25, 0.3) is 10.2 Å². The van der Waals surface area contributed by atoms with Gasteiger partial charge in [0.25, 0.3) is 5.01 Å². The zero-order chi connectivity index (χ0) is 8.55. The monoisotopic (exact) mass is 194 g/mol. The minimum atomic E-state index is 1.13. The van der Waals surface area contributed by atoms with Gasteiger partial charge in [-0.15, -0.1) is 0 Å². The molecule has 0 aliphatic carbocycles. The summed E-state index contributed by atoms with van der Waals surface area (Å²) in [6.07, 6.45) is 0. The van der Waals surface area contributed by atoms with E-state index in [1.54, 1.807) is 16.7 Å². The topological polar surface area (TPSA) is 3.88 Å². The van der Waals surface area contributed by atoms with E-state index >= 15 is 0 Å². The molecule has 0 aliphatic rings. The molecular formula is C9H8NS2+. The summed E-state index contributed by atoms with van der Waals surface area (Å²) in [4.78, 5) is 0. The second-order valence-electron chi connectivity index (χ2n) is 2.58. The van der Waals surface area contributed by atoms with E-state index in [-0.39, 0.29) is 0 Å². The third kappa shape index (κ3) is 1.06. The first-order valence-electron chi connectivity index (χ1n) is 3.65. The molecule has 1 aromatic carbocycles. The number of thiazole rings is 1. The molecule has 0 bridgehead atoms. The van der Waals surface area contributed by atoms with Crippen LogP contribution in [0.4, 0.5) is 0 Å². The van der Waals surface area contributed by atoms with E-state index in [1.165, 1.54) is 10.2 Å². The number of fused-ring (bicyclic) bond motifs is 1. The lowest BCUT2D eigenvalue weighted by atomic mass is 10.3. The Bertz CT molecular complexity index is 431. The minimum Gasteiger partial charge on any atom is -0.184 e. The van der Waals surface area contributed by atoms with Crippen LogP contribution < -0.4 is 4.57 Å². The number of para-hydroxylation sites is 1. The molecule has 0 unspecified atom stereocenters. The van der Waals surface area contributed by atoms with Crippen LogP contribution in [0.1, 0.15) is 5.01 Å². The Labute approximate surface area is 80.3 Å². The van der Waals surface area contributed by atoms with E-state index in [0.717, 1.165) is 5.01 Å². The van der Waals surface area contributed by atoms with E-state index in [1.807, 2.05) is 19.2 Å². The van der Waals surface area contributed by atoms with E-state index in [4.69, 9.17) is 12.2 Å². The fourth-order valence-electron chi connectivity index (χ4n) is 1.22. The summed E-state index contributed by atoms with van der Waals surface area (Å²) in [5.74, 6) is 0. The fourth-order valence-corrected chi connectivity index (χ4v) is 2.49. The van der Waals surface area contributed by atoms with E-state index in [0.29, 0.717) is 0 Å². The molecule has 2 rings (SSSR count). The molecule has 1 aromatic heterocycles. The Kier molecular flexibility index (Phi) is 1.90. The molecule has 1 heterocycles. The molecule has 3 heteroatoms. The molecule has 2 aromatic rings. The lowest BCUT2D eigenvalue weighted by Gasteiger charge is -1.83. The van der Waals surface area contributed by atoms with Gasteiger partial charge in [-0.2, -0.15) is 4.57 Å². The number of thiocarbonyl (C=S) groups is 1.